The van der Waals surface area contributed by atoms with Gasteiger partial charge in [-0.05, 0) is 80.3 Å². The fraction of sp³-hybridized carbons (Fsp3) is 0.438. The Kier molecular flexibility index (Phi) is 10.9. The number of nitrogens with one attached hydrogen (secondary N) is 1. The Morgan fingerprint density at radius 3 is 2.14 bits per heavy atom. The van der Waals surface area contributed by atoms with Crippen molar-refractivity contribution in [2.45, 2.75) is 25.6 Å². The minimum atomic E-state index is -1.12. The third-order valence-electron chi connectivity index (χ3n) is 3.64. The van der Waals surface area contributed by atoms with Gasteiger partial charge in [0.15, 0.2) is 0 Å². The lowest BCUT2D eigenvalue weighted by Gasteiger charge is -2.25. The summed E-state index contributed by atoms with van der Waals surface area (Å²) >= 11 is 5.64. The van der Waals surface area contributed by atoms with Crippen molar-refractivity contribution in [1.82, 2.24) is 4.90 Å². The highest BCUT2D eigenvalue weighted by Gasteiger charge is 2.31. The quantitative estimate of drug-likeness (QED) is 0.207. The zero-order chi connectivity index (χ0) is 22.5. The van der Waals surface area contributed by atoms with Crippen molar-refractivity contribution in [3.63, 3.8) is 0 Å². The van der Waals surface area contributed by atoms with Crippen molar-refractivity contribution in [2.24, 2.45) is 5.73 Å². The number of rotatable bonds is 8. The minimum Gasteiger partial charge on any atom is -0.394 e. The van der Waals surface area contributed by atoms with Gasteiger partial charge in [-0.2, -0.15) is 0 Å². The number of benzene rings is 1. The number of urea groups is 1. The van der Waals surface area contributed by atoms with E-state index in [9.17, 15) is 29.7 Å². The molecule has 0 aliphatic carbocycles. The number of carbonyl (C=O) groups is 3. The number of hydrogen-bond acceptors (Lipinski definition) is 7. The van der Waals surface area contributed by atoms with E-state index in [0.717, 1.165) is 0 Å². The molecule has 0 radical (unpaired) electrons. The van der Waals surface area contributed by atoms with Crippen LogP contribution in [0.2, 0.25) is 0 Å². The summed E-state index contributed by atoms with van der Waals surface area (Å²) in [5.74, 6) is -1.51. The summed E-state index contributed by atoms with van der Waals surface area (Å²) in [5, 5.41) is 40.3. The number of nitrogens with zero attached hydrogens (tertiary/aromatic N) is 1. The highest BCUT2D eigenvalue weighted by Crippen LogP contribution is 2.37. The van der Waals surface area contributed by atoms with Gasteiger partial charge < -0.3 is 31.5 Å². The Morgan fingerprint density at radius 2 is 1.69 bits per heavy atom. The first-order valence-electron chi connectivity index (χ1n) is 8.14. The van der Waals surface area contributed by atoms with Crippen LogP contribution >= 0.6 is 67.8 Å². The number of halogens is 3. The first-order chi connectivity index (χ1) is 13.5. The van der Waals surface area contributed by atoms with E-state index in [1.807, 2.05) is 67.8 Å². The zero-order valence-corrected chi connectivity index (χ0v) is 21.6. The topological polar surface area (TPSA) is 173 Å². The Balaban J connectivity index is 3.72. The Labute approximate surface area is 207 Å². The number of aliphatic hydroxyl groups excluding tert-OH is 4. The molecule has 13 heteroatoms. The number of primary amides is 1. The molecule has 4 amide bonds. The summed E-state index contributed by atoms with van der Waals surface area (Å²) in [6.45, 7) is -0.247. The Morgan fingerprint density at radius 1 is 1.10 bits per heavy atom. The lowest BCUT2D eigenvalue weighted by atomic mass is 10.0. The highest BCUT2D eigenvalue weighted by atomic mass is 127. The number of nitrogens with two attached hydrogens (primary N) is 1. The molecule has 0 aliphatic rings. The maximum Gasteiger partial charge on any atom is 0.321 e. The van der Waals surface area contributed by atoms with Crippen molar-refractivity contribution in [3.8, 4) is 0 Å². The van der Waals surface area contributed by atoms with Gasteiger partial charge in [0.25, 0.3) is 5.91 Å². The molecule has 0 fully saturated rings. The average Bonchev–Trinajstić information content (AvgIpc) is 2.65. The standard InChI is InChI=1S/C16H20I3N3O7/c1-6(25)3-22(16(20)29)15(28)10-11(17)8(2-7(26)4-23)12(18)14(13(10)19)21-9(27)5-24/h6-7,23-26H,2-5H2,1H3,(H2,20,29)(H,21,27). The first-order valence-corrected chi connectivity index (χ1v) is 11.4. The van der Waals surface area contributed by atoms with Crippen molar-refractivity contribution in [3.05, 3.63) is 21.8 Å². The van der Waals surface area contributed by atoms with Crippen LogP contribution in [0.3, 0.4) is 0 Å². The molecule has 0 heterocycles. The van der Waals surface area contributed by atoms with Gasteiger partial charge in [0.2, 0.25) is 5.91 Å². The fourth-order valence-corrected chi connectivity index (χ4v) is 6.68. The molecule has 0 spiro atoms. The largest absolute Gasteiger partial charge is 0.394 e. The molecule has 7 N–H and O–H groups in total. The van der Waals surface area contributed by atoms with Crippen LogP contribution in [0.25, 0.3) is 0 Å². The van der Waals surface area contributed by atoms with Crippen molar-refractivity contribution >= 4 is 91.3 Å². The van der Waals surface area contributed by atoms with E-state index in [1.165, 1.54) is 6.92 Å². The lowest BCUT2D eigenvalue weighted by Crippen LogP contribution is -2.45. The maximum absolute atomic E-state index is 13.1. The molecule has 0 aromatic heterocycles. The van der Waals surface area contributed by atoms with E-state index >= 15 is 0 Å². The van der Waals surface area contributed by atoms with Gasteiger partial charge in [0, 0.05) is 13.6 Å². The Hall–Kier alpha value is -0.340. The van der Waals surface area contributed by atoms with Crippen LogP contribution < -0.4 is 11.1 Å². The van der Waals surface area contributed by atoms with E-state index in [1.54, 1.807) is 0 Å². The molecule has 1 aromatic rings. The molecule has 1 aromatic carbocycles. The van der Waals surface area contributed by atoms with E-state index in [0.29, 0.717) is 21.2 Å². The van der Waals surface area contributed by atoms with Crippen molar-refractivity contribution < 1.29 is 34.8 Å². The molecule has 10 nitrogen and oxygen atoms in total. The molecule has 1 rings (SSSR count). The average molecular weight is 747 g/mol. The normalized spacial score (nSPS) is 13.0. The monoisotopic (exact) mass is 747 g/mol. The molecular weight excluding hydrogens is 727 g/mol. The fourth-order valence-electron chi connectivity index (χ4n) is 2.34. The molecule has 2 unspecified atom stereocenters. The molecular formula is C16H20I3N3O7. The van der Waals surface area contributed by atoms with Crippen molar-refractivity contribution in [2.75, 3.05) is 25.1 Å². The predicted molar refractivity (Wildman–Crippen MR) is 129 cm³/mol. The first kappa shape index (κ1) is 26.7. The van der Waals surface area contributed by atoms with Gasteiger partial charge in [0.05, 0.1) is 40.2 Å². The Bertz CT molecular complexity index is 805. The number of anilines is 1. The molecule has 0 bridgehead atoms. The molecule has 2 atom stereocenters. The lowest BCUT2D eigenvalue weighted by molar-refractivity contribution is -0.118. The number of imide groups is 1. The van der Waals surface area contributed by atoms with Crippen LogP contribution in [0, 0.1) is 10.7 Å². The number of aliphatic hydroxyl groups is 4. The predicted octanol–water partition coefficient (Wildman–Crippen LogP) is 0.229. The van der Waals surface area contributed by atoms with Gasteiger partial charge in [-0.25, -0.2) is 4.79 Å². The van der Waals surface area contributed by atoms with Crippen molar-refractivity contribution in [1.29, 1.82) is 0 Å². The summed E-state index contributed by atoms with van der Waals surface area (Å²) in [5.41, 5.74) is 6.03. The summed E-state index contributed by atoms with van der Waals surface area (Å²) in [6, 6.07) is -1.06. The van der Waals surface area contributed by atoms with Crippen LogP contribution in [0.4, 0.5) is 10.5 Å². The molecule has 0 saturated carbocycles. The summed E-state index contributed by atoms with van der Waals surface area (Å²) < 4.78 is 1.19. The third kappa shape index (κ3) is 6.82. The van der Waals surface area contributed by atoms with Crippen LogP contribution in [0.5, 0.6) is 0 Å². The molecule has 0 saturated heterocycles. The van der Waals surface area contributed by atoms with Gasteiger partial charge in [0.1, 0.15) is 6.61 Å². The highest BCUT2D eigenvalue weighted by molar-refractivity contribution is 14.1. The van der Waals surface area contributed by atoms with Crippen LogP contribution in [-0.2, 0) is 11.2 Å². The van der Waals surface area contributed by atoms with E-state index in [4.69, 9.17) is 10.8 Å². The minimum absolute atomic E-state index is 0.0286. The van der Waals surface area contributed by atoms with E-state index in [2.05, 4.69) is 5.32 Å². The van der Waals surface area contributed by atoms with Gasteiger partial charge in [-0.1, -0.05) is 0 Å². The number of carbonyl (C=O) groups excluding carboxylic acids is 3. The number of amides is 4. The molecule has 162 valence electrons. The van der Waals surface area contributed by atoms with Crippen LogP contribution in [0.15, 0.2) is 0 Å². The van der Waals surface area contributed by atoms with Gasteiger partial charge >= 0.3 is 6.03 Å². The molecule has 29 heavy (non-hydrogen) atoms. The second-order valence-electron chi connectivity index (χ2n) is 6.02. The third-order valence-corrected chi connectivity index (χ3v) is 7.10. The van der Waals surface area contributed by atoms with Gasteiger partial charge in [-0.15, -0.1) is 0 Å². The summed E-state index contributed by atoms with van der Waals surface area (Å²) in [7, 11) is 0. The van der Waals surface area contributed by atoms with E-state index in [-0.39, 0.29) is 24.2 Å². The van der Waals surface area contributed by atoms with Crippen LogP contribution in [0.1, 0.15) is 22.8 Å². The SMILES string of the molecule is CC(O)CN(C(N)=O)C(=O)c1c(I)c(CC(O)CO)c(I)c(NC(=O)CO)c1I. The van der Waals surface area contributed by atoms with Crippen LogP contribution in [-0.4, -0.2) is 75.1 Å². The van der Waals surface area contributed by atoms with Gasteiger partial charge in [-0.3, -0.25) is 14.5 Å². The summed E-state index contributed by atoms with van der Waals surface area (Å²) in [6.07, 6.45) is -2.17. The maximum atomic E-state index is 13.1. The second kappa shape index (κ2) is 11.9. The molecule has 0 aliphatic heterocycles. The second-order valence-corrected chi connectivity index (χ2v) is 9.26. The summed E-state index contributed by atoms with van der Waals surface area (Å²) in [4.78, 5) is 37.4. The van der Waals surface area contributed by atoms with E-state index < -0.39 is 43.3 Å². The number of hydrogen-bond donors (Lipinski definition) is 6. The zero-order valence-electron chi connectivity index (χ0n) is 15.2. The smallest absolute Gasteiger partial charge is 0.321 e.